The zero-order valence-corrected chi connectivity index (χ0v) is 7.88. The first-order chi connectivity index (χ1) is 6.68. The lowest BCUT2D eigenvalue weighted by Crippen LogP contribution is -1.88. The highest BCUT2D eigenvalue weighted by atomic mass is 32.1. The van der Waals surface area contributed by atoms with Crippen LogP contribution >= 0.6 is 12.2 Å². The van der Waals surface area contributed by atoms with Gasteiger partial charge in [0.2, 0.25) is 0 Å². The molecule has 0 atom stereocenters. The van der Waals surface area contributed by atoms with Crippen LogP contribution in [-0.2, 0) is 0 Å². The number of benzene rings is 1. The van der Waals surface area contributed by atoms with Gasteiger partial charge in [0.25, 0.3) is 5.69 Å². The Balaban J connectivity index is 2.83. The highest BCUT2D eigenvalue weighted by Gasteiger charge is 2.06. The van der Waals surface area contributed by atoms with Crippen molar-refractivity contribution in [3.05, 3.63) is 45.1 Å². The predicted octanol–water partition coefficient (Wildman–Crippen LogP) is 2.81. The highest BCUT2D eigenvalue weighted by molar-refractivity contribution is 7.71. The number of aromatic amines is 1. The van der Waals surface area contributed by atoms with E-state index in [1.807, 2.05) is 0 Å². The van der Waals surface area contributed by atoms with E-state index in [0.717, 1.165) is 5.52 Å². The van der Waals surface area contributed by atoms with Gasteiger partial charge in [-0.1, -0.05) is 12.2 Å². The molecule has 2 aromatic rings. The van der Waals surface area contributed by atoms with E-state index in [-0.39, 0.29) is 5.69 Å². The molecule has 0 fully saturated rings. The summed E-state index contributed by atoms with van der Waals surface area (Å²) in [5.74, 6) is 0. The lowest BCUT2D eigenvalue weighted by Gasteiger charge is -1.97. The SMILES string of the molecule is O=[N+]([O-])c1ccc2[nH]ccc(=S)c2c1. The number of nitrogens with one attached hydrogen (secondary N) is 1. The fraction of sp³-hybridized carbons (Fsp3) is 0. The first-order valence-electron chi connectivity index (χ1n) is 3.94. The van der Waals surface area contributed by atoms with Crippen LogP contribution in [0.4, 0.5) is 5.69 Å². The molecule has 4 nitrogen and oxygen atoms in total. The minimum atomic E-state index is -0.429. The zero-order valence-electron chi connectivity index (χ0n) is 7.06. The lowest BCUT2D eigenvalue weighted by atomic mass is 10.2. The number of nitro groups is 1. The Morgan fingerprint density at radius 1 is 1.36 bits per heavy atom. The second-order valence-corrected chi connectivity index (χ2v) is 3.27. The molecule has 2 rings (SSSR count). The van der Waals surface area contributed by atoms with E-state index in [2.05, 4.69) is 4.98 Å². The normalized spacial score (nSPS) is 10.3. The van der Waals surface area contributed by atoms with Crippen LogP contribution in [0.25, 0.3) is 10.9 Å². The number of nitro benzene ring substituents is 1. The molecule has 1 aromatic heterocycles. The van der Waals surface area contributed by atoms with E-state index in [1.165, 1.54) is 12.1 Å². The molecule has 0 aliphatic rings. The molecular weight excluding hydrogens is 200 g/mol. The van der Waals surface area contributed by atoms with Crippen LogP contribution in [-0.4, -0.2) is 9.91 Å². The Kier molecular flexibility index (Phi) is 2.01. The molecule has 0 bridgehead atoms. The molecule has 14 heavy (non-hydrogen) atoms. The average Bonchev–Trinajstić information content (AvgIpc) is 2.18. The maximum Gasteiger partial charge on any atom is 0.270 e. The molecule has 1 aromatic carbocycles. The quantitative estimate of drug-likeness (QED) is 0.443. The molecule has 0 aliphatic carbocycles. The van der Waals surface area contributed by atoms with E-state index in [1.54, 1.807) is 18.3 Å². The minimum Gasteiger partial charge on any atom is -0.361 e. The third-order valence-electron chi connectivity index (χ3n) is 1.95. The average molecular weight is 206 g/mol. The molecule has 1 heterocycles. The summed E-state index contributed by atoms with van der Waals surface area (Å²) in [6, 6.07) is 6.30. The summed E-state index contributed by atoms with van der Waals surface area (Å²) >= 11 is 5.06. The van der Waals surface area contributed by atoms with Crippen LogP contribution in [0.1, 0.15) is 0 Å². The van der Waals surface area contributed by atoms with Crippen LogP contribution in [0.5, 0.6) is 0 Å². The van der Waals surface area contributed by atoms with Gasteiger partial charge in [0.05, 0.1) is 4.92 Å². The minimum absolute atomic E-state index is 0.0585. The van der Waals surface area contributed by atoms with Crippen LogP contribution < -0.4 is 0 Å². The number of hydrogen-bond acceptors (Lipinski definition) is 3. The van der Waals surface area contributed by atoms with Gasteiger partial charge in [-0.05, 0) is 12.1 Å². The largest absolute Gasteiger partial charge is 0.361 e. The van der Waals surface area contributed by atoms with E-state index >= 15 is 0 Å². The first-order valence-corrected chi connectivity index (χ1v) is 4.35. The fourth-order valence-electron chi connectivity index (χ4n) is 1.27. The summed E-state index contributed by atoms with van der Waals surface area (Å²) < 4.78 is 0.613. The van der Waals surface area contributed by atoms with Crippen molar-refractivity contribution in [2.75, 3.05) is 0 Å². The number of hydrogen-bond donors (Lipinski definition) is 1. The maximum atomic E-state index is 10.5. The van der Waals surface area contributed by atoms with Gasteiger partial charge >= 0.3 is 0 Å². The molecule has 1 N–H and O–H groups in total. The van der Waals surface area contributed by atoms with Gasteiger partial charge in [-0.3, -0.25) is 10.1 Å². The topological polar surface area (TPSA) is 58.9 Å². The summed E-state index contributed by atoms with van der Waals surface area (Å²) in [5, 5.41) is 11.2. The number of fused-ring (bicyclic) bond motifs is 1. The summed E-state index contributed by atoms with van der Waals surface area (Å²) in [5.41, 5.74) is 0.867. The third kappa shape index (κ3) is 1.38. The van der Waals surface area contributed by atoms with Gasteiger partial charge in [0, 0.05) is 33.7 Å². The molecule has 70 valence electrons. The Labute approximate surface area is 84.3 Å². The molecule has 0 aliphatic heterocycles. The molecule has 0 unspecified atom stereocenters. The molecule has 0 saturated heterocycles. The van der Waals surface area contributed by atoms with E-state index < -0.39 is 4.92 Å². The van der Waals surface area contributed by atoms with Crippen molar-refractivity contribution in [1.29, 1.82) is 0 Å². The second kappa shape index (κ2) is 3.19. The van der Waals surface area contributed by atoms with Crippen molar-refractivity contribution >= 4 is 28.8 Å². The van der Waals surface area contributed by atoms with Gasteiger partial charge in [-0.25, -0.2) is 0 Å². The molecule has 0 saturated carbocycles. The van der Waals surface area contributed by atoms with Gasteiger partial charge in [-0.2, -0.15) is 0 Å². The number of nitrogens with zero attached hydrogens (tertiary/aromatic N) is 1. The molecule has 0 spiro atoms. The number of non-ortho nitro benzene ring substituents is 1. The van der Waals surface area contributed by atoms with Crippen LogP contribution in [0.3, 0.4) is 0 Å². The molecular formula is C9H6N2O2S. The van der Waals surface area contributed by atoms with Crippen molar-refractivity contribution in [3.8, 4) is 0 Å². The molecule has 0 amide bonds. The molecule has 5 heteroatoms. The van der Waals surface area contributed by atoms with E-state index in [9.17, 15) is 10.1 Å². The van der Waals surface area contributed by atoms with Gasteiger partial charge < -0.3 is 4.98 Å². The Morgan fingerprint density at radius 3 is 2.86 bits per heavy atom. The number of aromatic nitrogens is 1. The van der Waals surface area contributed by atoms with Gasteiger partial charge in [0.15, 0.2) is 0 Å². The Hall–Kier alpha value is -1.75. The number of H-pyrrole nitrogens is 1. The van der Waals surface area contributed by atoms with Crippen LogP contribution in [0, 0.1) is 14.6 Å². The summed E-state index contributed by atoms with van der Waals surface area (Å²) in [7, 11) is 0. The Bertz CT molecular complexity index is 562. The summed E-state index contributed by atoms with van der Waals surface area (Å²) in [6.07, 6.45) is 1.72. The number of pyridine rings is 1. The monoisotopic (exact) mass is 206 g/mol. The second-order valence-electron chi connectivity index (χ2n) is 2.83. The van der Waals surface area contributed by atoms with E-state index in [4.69, 9.17) is 12.2 Å². The predicted molar refractivity (Wildman–Crippen MR) is 55.8 cm³/mol. The van der Waals surface area contributed by atoms with Gasteiger partial charge in [0.1, 0.15) is 0 Å². The van der Waals surface area contributed by atoms with Crippen molar-refractivity contribution in [1.82, 2.24) is 4.98 Å². The fourth-order valence-corrected chi connectivity index (χ4v) is 1.51. The highest BCUT2D eigenvalue weighted by Crippen LogP contribution is 2.19. The Morgan fingerprint density at radius 2 is 2.14 bits per heavy atom. The smallest absolute Gasteiger partial charge is 0.270 e. The molecule has 0 radical (unpaired) electrons. The third-order valence-corrected chi connectivity index (χ3v) is 2.31. The van der Waals surface area contributed by atoms with Crippen molar-refractivity contribution in [2.45, 2.75) is 0 Å². The van der Waals surface area contributed by atoms with Crippen LogP contribution in [0.2, 0.25) is 0 Å². The number of rotatable bonds is 1. The van der Waals surface area contributed by atoms with Gasteiger partial charge in [-0.15, -0.1) is 0 Å². The van der Waals surface area contributed by atoms with Crippen molar-refractivity contribution < 1.29 is 4.92 Å². The first kappa shape index (κ1) is 8.83. The summed E-state index contributed by atoms with van der Waals surface area (Å²) in [6.45, 7) is 0. The zero-order chi connectivity index (χ0) is 10.1. The standard InChI is InChI=1S/C9H6N2O2S/c12-11(13)6-1-2-8-7(5-6)9(14)3-4-10-8/h1-5H,(H,10,14). The lowest BCUT2D eigenvalue weighted by molar-refractivity contribution is -0.384. The summed E-state index contributed by atoms with van der Waals surface area (Å²) in [4.78, 5) is 13.1. The van der Waals surface area contributed by atoms with Crippen molar-refractivity contribution in [2.24, 2.45) is 0 Å². The maximum absolute atomic E-state index is 10.5. The van der Waals surface area contributed by atoms with Crippen molar-refractivity contribution in [3.63, 3.8) is 0 Å². The van der Waals surface area contributed by atoms with E-state index in [0.29, 0.717) is 9.90 Å². The van der Waals surface area contributed by atoms with Crippen LogP contribution in [0.15, 0.2) is 30.5 Å².